The Bertz CT molecular complexity index is 752. The van der Waals surface area contributed by atoms with Crippen molar-refractivity contribution >= 4 is 41.8 Å². The minimum absolute atomic E-state index is 0. The molecule has 160 valence electrons. The van der Waals surface area contributed by atoms with Crippen LogP contribution in [0.5, 0.6) is 0 Å². The number of aliphatic imine (C=N–C) groups is 1. The van der Waals surface area contributed by atoms with Crippen LogP contribution >= 0.6 is 24.0 Å². The molecule has 0 aromatic heterocycles. The van der Waals surface area contributed by atoms with Crippen LogP contribution in [0.2, 0.25) is 0 Å². The Morgan fingerprint density at radius 3 is 2.62 bits per heavy atom. The number of halogens is 1. The number of carbonyl (C=O) groups is 2. The van der Waals surface area contributed by atoms with Crippen molar-refractivity contribution in [3.63, 3.8) is 0 Å². The number of fused-ring (bicyclic) bond motifs is 1. The number of nitrogens with zero attached hydrogens (tertiary/aromatic N) is 4. The lowest BCUT2D eigenvalue weighted by Gasteiger charge is -2.37. The standard InChI is InChI=1S/C21H31N5O2.HI/c1-4-25-11-12-26(15-20(25)28)21(22-14-19(27)24(2)3)23-18-10-9-16-7-5-6-8-17(16)13-18;/h5-8,18H,4,9-15H2,1-3H3,(H,22,23);1H. The molecule has 2 amide bonds. The Kier molecular flexibility index (Phi) is 8.73. The number of benzene rings is 1. The largest absolute Gasteiger partial charge is 0.353 e. The summed E-state index contributed by atoms with van der Waals surface area (Å²) in [6, 6.07) is 8.79. The minimum Gasteiger partial charge on any atom is -0.353 e. The van der Waals surface area contributed by atoms with Crippen molar-refractivity contribution in [2.45, 2.75) is 32.2 Å². The molecule has 1 heterocycles. The lowest BCUT2D eigenvalue weighted by molar-refractivity contribution is -0.134. The van der Waals surface area contributed by atoms with Gasteiger partial charge in [0.05, 0.1) is 6.54 Å². The first-order valence-corrected chi connectivity index (χ1v) is 10.1. The van der Waals surface area contributed by atoms with Gasteiger partial charge >= 0.3 is 0 Å². The molecular weight excluding hydrogens is 481 g/mol. The van der Waals surface area contributed by atoms with Gasteiger partial charge in [-0.15, -0.1) is 24.0 Å². The molecule has 1 fully saturated rings. The molecule has 0 saturated carbocycles. The van der Waals surface area contributed by atoms with E-state index < -0.39 is 0 Å². The maximum atomic E-state index is 12.4. The predicted octanol–water partition coefficient (Wildman–Crippen LogP) is 1.36. The second-order valence-corrected chi connectivity index (χ2v) is 7.68. The lowest BCUT2D eigenvalue weighted by atomic mass is 9.88. The Morgan fingerprint density at radius 1 is 1.24 bits per heavy atom. The molecule has 1 atom stereocenters. The number of amides is 2. The number of carbonyl (C=O) groups excluding carboxylic acids is 2. The summed E-state index contributed by atoms with van der Waals surface area (Å²) < 4.78 is 0. The van der Waals surface area contributed by atoms with Crippen molar-refractivity contribution in [1.29, 1.82) is 0 Å². The number of piperazine rings is 1. The molecule has 29 heavy (non-hydrogen) atoms. The van der Waals surface area contributed by atoms with Crippen LogP contribution in [0.25, 0.3) is 0 Å². The molecule has 2 aliphatic rings. The number of likely N-dealkylation sites (N-methyl/N-ethyl adjacent to an activating group) is 2. The van der Waals surface area contributed by atoms with Crippen LogP contribution < -0.4 is 5.32 Å². The fraction of sp³-hybridized carbons (Fsp3) is 0.571. The van der Waals surface area contributed by atoms with Gasteiger partial charge in [0.15, 0.2) is 5.96 Å². The van der Waals surface area contributed by atoms with E-state index in [9.17, 15) is 9.59 Å². The predicted molar refractivity (Wildman–Crippen MR) is 126 cm³/mol. The lowest BCUT2D eigenvalue weighted by Crippen LogP contribution is -2.57. The van der Waals surface area contributed by atoms with Crippen LogP contribution in [0, 0.1) is 0 Å². The summed E-state index contributed by atoms with van der Waals surface area (Å²) in [5.74, 6) is 0.728. The van der Waals surface area contributed by atoms with Crippen molar-refractivity contribution in [1.82, 2.24) is 20.0 Å². The van der Waals surface area contributed by atoms with E-state index in [1.165, 1.54) is 16.0 Å². The SMILES string of the molecule is CCN1CCN(C(=NCC(=O)N(C)C)NC2CCc3ccccc3C2)CC1=O.I. The molecule has 7 nitrogen and oxygen atoms in total. The van der Waals surface area contributed by atoms with Gasteiger partial charge in [-0.3, -0.25) is 9.59 Å². The number of hydrogen-bond donors (Lipinski definition) is 1. The molecule has 0 bridgehead atoms. The average molecular weight is 513 g/mol. The zero-order chi connectivity index (χ0) is 20.1. The molecule has 1 aromatic carbocycles. The molecule has 3 rings (SSSR count). The molecule has 0 radical (unpaired) electrons. The Hall–Kier alpha value is -1.84. The summed E-state index contributed by atoms with van der Waals surface area (Å²) in [7, 11) is 3.46. The van der Waals surface area contributed by atoms with E-state index >= 15 is 0 Å². The van der Waals surface area contributed by atoms with Crippen molar-refractivity contribution in [3.8, 4) is 0 Å². The van der Waals surface area contributed by atoms with Crippen LogP contribution in [0.3, 0.4) is 0 Å². The van der Waals surface area contributed by atoms with Gasteiger partial charge < -0.3 is 20.0 Å². The summed E-state index contributed by atoms with van der Waals surface area (Å²) in [6.07, 6.45) is 2.97. The van der Waals surface area contributed by atoms with E-state index in [1.807, 2.05) is 16.7 Å². The highest BCUT2D eigenvalue weighted by Crippen LogP contribution is 2.21. The molecule has 1 N–H and O–H groups in total. The molecule has 0 spiro atoms. The molecule has 1 aliphatic carbocycles. The Balaban J connectivity index is 0.00000300. The first-order valence-electron chi connectivity index (χ1n) is 10.1. The van der Waals surface area contributed by atoms with Gasteiger partial charge in [0.2, 0.25) is 11.8 Å². The molecule has 1 aromatic rings. The first kappa shape index (κ1) is 23.4. The Morgan fingerprint density at radius 2 is 1.97 bits per heavy atom. The number of rotatable bonds is 4. The Labute approximate surface area is 190 Å². The van der Waals surface area contributed by atoms with Gasteiger partial charge in [-0.05, 0) is 37.3 Å². The quantitative estimate of drug-likeness (QED) is 0.375. The van der Waals surface area contributed by atoms with Crippen LogP contribution in [0.15, 0.2) is 29.3 Å². The van der Waals surface area contributed by atoms with Crippen molar-refractivity contribution in [2.24, 2.45) is 4.99 Å². The van der Waals surface area contributed by atoms with Gasteiger partial charge in [-0.25, -0.2) is 4.99 Å². The van der Waals surface area contributed by atoms with Crippen molar-refractivity contribution in [3.05, 3.63) is 35.4 Å². The number of hydrogen-bond acceptors (Lipinski definition) is 3. The van der Waals surface area contributed by atoms with Gasteiger partial charge in [-0.1, -0.05) is 24.3 Å². The zero-order valence-electron chi connectivity index (χ0n) is 17.6. The van der Waals surface area contributed by atoms with E-state index in [-0.39, 0.29) is 48.4 Å². The highest BCUT2D eigenvalue weighted by atomic mass is 127. The summed E-state index contributed by atoms with van der Waals surface area (Å²) in [5.41, 5.74) is 2.77. The summed E-state index contributed by atoms with van der Waals surface area (Å²) in [6.45, 7) is 4.52. The van der Waals surface area contributed by atoms with E-state index in [0.717, 1.165) is 32.4 Å². The maximum absolute atomic E-state index is 12.4. The minimum atomic E-state index is -0.0492. The molecule has 1 unspecified atom stereocenters. The molecule has 1 saturated heterocycles. The second kappa shape index (κ2) is 10.8. The van der Waals surface area contributed by atoms with E-state index in [2.05, 4.69) is 34.6 Å². The van der Waals surface area contributed by atoms with Crippen LogP contribution in [-0.4, -0.2) is 85.3 Å². The van der Waals surface area contributed by atoms with Crippen LogP contribution in [0.1, 0.15) is 24.5 Å². The number of guanidine groups is 1. The zero-order valence-corrected chi connectivity index (χ0v) is 19.9. The third-order valence-electron chi connectivity index (χ3n) is 5.54. The highest BCUT2D eigenvalue weighted by molar-refractivity contribution is 14.0. The smallest absolute Gasteiger partial charge is 0.243 e. The van der Waals surface area contributed by atoms with Crippen molar-refractivity contribution < 1.29 is 9.59 Å². The van der Waals surface area contributed by atoms with E-state index in [4.69, 9.17) is 0 Å². The maximum Gasteiger partial charge on any atom is 0.243 e. The monoisotopic (exact) mass is 513 g/mol. The summed E-state index contributed by atoms with van der Waals surface area (Å²) >= 11 is 0. The molecule has 1 aliphatic heterocycles. The van der Waals surface area contributed by atoms with E-state index in [0.29, 0.717) is 19.0 Å². The topological polar surface area (TPSA) is 68.2 Å². The van der Waals surface area contributed by atoms with Gasteiger partial charge in [0, 0.05) is 39.8 Å². The van der Waals surface area contributed by atoms with Crippen LogP contribution in [-0.2, 0) is 22.4 Å². The van der Waals surface area contributed by atoms with Crippen LogP contribution in [0.4, 0.5) is 0 Å². The van der Waals surface area contributed by atoms with Gasteiger partial charge in [-0.2, -0.15) is 0 Å². The van der Waals surface area contributed by atoms with Gasteiger partial charge in [0.1, 0.15) is 6.54 Å². The first-order chi connectivity index (χ1) is 13.5. The third kappa shape index (κ3) is 6.07. The normalized spacial score (nSPS) is 19.3. The van der Waals surface area contributed by atoms with Gasteiger partial charge in [0.25, 0.3) is 0 Å². The number of aryl methyl sites for hydroxylation is 1. The third-order valence-corrected chi connectivity index (χ3v) is 5.54. The van der Waals surface area contributed by atoms with Crippen molar-refractivity contribution in [2.75, 3.05) is 46.8 Å². The molecule has 8 heteroatoms. The summed E-state index contributed by atoms with van der Waals surface area (Å²) in [5, 5.41) is 3.55. The highest BCUT2D eigenvalue weighted by Gasteiger charge is 2.27. The van der Waals surface area contributed by atoms with E-state index in [1.54, 1.807) is 14.1 Å². The summed E-state index contributed by atoms with van der Waals surface area (Å²) in [4.78, 5) is 34.4. The number of nitrogens with one attached hydrogen (secondary N) is 1. The second-order valence-electron chi connectivity index (χ2n) is 7.68. The fourth-order valence-corrected chi connectivity index (χ4v) is 3.75. The fourth-order valence-electron chi connectivity index (χ4n) is 3.75. The average Bonchev–Trinajstić information content (AvgIpc) is 2.70. The molecular formula is C21H32IN5O2.